The molecule has 6 heteroatoms. The van der Waals surface area contributed by atoms with Crippen LogP contribution in [0, 0.1) is 0 Å². The molecule has 0 radical (unpaired) electrons. The molecule has 6 nitrogen and oxygen atoms in total. The Morgan fingerprint density at radius 1 is 1.41 bits per heavy atom. The molecule has 0 aromatic carbocycles. The summed E-state index contributed by atoms with van der Waals surface area (Å²) in [5.41, 5.74) is 4.29. The molecule has 0 unspecified atom stereocenters. The average molecular weight is 237 g/mol. The van der Waals surface area contributed by atoms with E-state index in [9.17, 15) is 9.59 Å². The van der Waals surface area contributed by atoms with Gasteiger partial charge in [-0.2, -0.15) is 0 Å². The normalized spacial score (nSPS) is 11.0. The van der Waals surface area contributed by atoms with Gasteiger partial charge < -0.3 is 15.7 Å². The number of carboxylic acid groups (broad SMARTS) is 1. The van der Waals surface area contributed by atoms with E-state index in [1.165, 1.54) is 17.2 Å². The number of carboxylic acids is 1. The van der Waals surface area contributed by atoms with E-state index in [1.54, 1.807) is 27.0 Å². The second kappa shape index (κ2) is 4.40. The lowest BCUT2D eigenvalue weighted by Gasteiger charge is -2.32. The van der Waals surface area contributed by atoms with Crippen LogP contribution in [0.15, 0.2) is 18.3 Å². The van der Waals surface area contributed by atoms with Crippen LogP contribution in [0.1, 0.15) is 24.2 Å². The van der Waals surface area contributed by atoms with E-state index >= 15 is 0 Å². The fourth-order valence-corrected chi connectivity index (χ4v) is 1.16. The molecule has 0 aliphatic heterocycles. The first kappa shape index (κ1) is 13.0. The zero-order chi connectivity index (χ0) is 13.2. The van der Waals surface area contributed by atoms with Gasteiger partial charge in [0.25, 0.3) is 0 Å². The lowest BCUT2D eigenvalue weighted by molar-refractivity contribution is -0.142. The monoisotopic (exact) mass is 237 g/mol. The molecule has 92 valence electrons. The van der Waals surface area contributed by atoms with Crippen molar-refractivity contribution in [3.63, 3.8) is 0 Å². The summed E-state index contributed by atoms with van der Waals surface area (Å²) in [5, 5.41) is 9.07. The number of likely N-dealkylation sites (N-methyl/N-ethyl adjacent to an activating group) is 1. The Hall–Kier alpha value is -2.11. The van der Waals surface area contributed by atoms with Gasteiger partial charge in [0.1, 0.15) is 11.4 Å². The highest BCUT2D eigenvalue weighted by Gasteiger charge is 2.32. The van der Waals surface area contributed by atoms with Crippen LogP contribution in [0.2, 0.25) is 0 Å². The molecule has 0 bridgehead atoms. The highest BCUT2D eigenvalue weighted by Crippen LogP contribution is 2.20. The molecule has 0 aliphatic carbocycles. The third-order valence-electron chi connectivity index (χ3n) is 2.74. The highest BCUT2D eigenvalue weighted by molar-refractivity contribution is 5.92. The molecule has 0 saturated heterocycles. The fourth-order valence-electron chi connectivity index (χ4n) is 1.16. The summed E-state index contributed by atoms with van der Waals surface area (Å²) in [6.07, 6.45) is 1.33. The van der Waals surface area contributed by atoms with Gasteiger partial charge in [0.2, 0.25) is 5.91 Å². The maximum atomic E-state index is 11.1. The van der Waals surface area contributed by atoms with Crippen LogP contribution in [0.25, 0.3) is 0 Å². The van der Waals surface area contributed by atoms with E-state index in [-0.39, 0.29) is 5.56 Å². The summed E-state index contributed by atoms with van der Waals surface area (Å²) in [6, 6.07) is 3.07. The molecule has 1 aromatic rings. The summed E-state index contributed by atoms with van der Waals surface area (Å²) in [5.74, 6) is -1.06. The number of aliphatic carboxylic acids is 1. The Morgan fingerprint density at radius 3 is 2.35 bits per heavy atom. The van der Waals surface area contributed by atoms with Crippen LogP contribution in [-0.2, 0) is 4.79 Å². The second-order valence-electron chi connectivity index (χ2n) is 4.19. The van der Waals surface area contributed by atoms with Gasteiger partial charge in [-0.25, -0.2) is 9.78 Å². The third-order valence-corrected chi connectivity index (χ3v) is 2.74. The number of carbonyl (C=O) groups is 2. The molecule has 0 aliphatic rings. The smallest absolute Gasteiger partial charge is 0.328 e. The van der Waals surface area contributed by atoms with Gasteiger partial charge in [0.05, 0.1) is 5.56 Å². The summed E-state index contributed by atoms with van der Waals surface area (Å²) in [6.45, 7) is 3.14. The molecule has 1 rings (SSSR count). The Kier molecular flexibility index (Phi) is 3.36. The molecule has 0 fully saturated rings. The molecular weight excluding hydrogens is 222 g/mol. The van der Waals surface area contributed by atoms with Crippen molar-refractivity contribution < 1.29 is 14.7 Å². The first-order valence-electron chi connectivity index (χ1n) is 5.00. The summed E-state index contributed by atoms with van der Waals surface area (Å²) in [4.78, 5) is 27.5. The first-order chi connectivity index (χ1) is 7.76. The lowest BCUT2D eigenvalue weighted by Crippen LogP contribution is -2.48. The fraction of sp³-hybridized carbons (Fsp3) is 0.364. The standard InChI is InChI=1S/C11H15N3O3/c1-11(2,10(16)17)14(3)8-5-4-7(6-13-8)9(12)15/h4-6H,1-3H3,(H2,12,15)(H,16,17). The topological polar surface area (TPSA) is 96.5 Å². The predicted octanol–water partition coefficient (Wildman–Crippen LogP) is 0.480. The number of nitrogens with two attached hydrogens (primary N) is 1. The van der Waals surface area contributed by atoms with Gasteiger partial charge >= 0.3 is 5.97 Å². The number of nitrogens with zero attached hydrogens (tertiary/aromatic N) is 2. The number of hydrogen-bond donors (Lipinski definition) is 2. The minimum absolute atomic E-state index is 0.287. The number of pyridine rings is 1. The SMILES string of the molecule is CN(c1ccc(C(N)=O)cn1)C(C)(C)C(=O)O. The number of aromatic nitrogens is 1. The number of anilines is 1. The molecule has 1 heterocycles. The van der Waals surface area contributed by atoms with E-state index in [4.69, 9.17) is 10.8 Å². The van der Waals surface area contributed by atoms with Crippen LogP contribution < -0.4 is 10.6 Å². The summed E-state index contributed by atoms with van der Waals surface area (Å²) in [7, 11) is 1.63. The summed E-state index contributed by atoms with van der Waals surface area (Å²) >= 11 is 0. The van der Waals surface area contributed by atoms with Crippen molar-refractivity contribution in [2.24, 2.45) is 5.73 Å². The van der Waals surface area contributed by atoms with Gasteiger partial charge in [0.15, 0.2) is 0 Å². The quantitative estimate of drug-likeness (QED) is 0.793. The zero-order valence-corrected chi connectivity index (χ0v) is 9.97. The van der Waals surface area contributed by atoms with Gasteiger partial charge in [-0.3, -0.25) is 4.79 Å². The predicted molar refractivity (Wildman–Crippen MR) is 62.9 cm³/mol. The maximum Gasteiger partial charge on any atom is 0.328 e. The maximum absolute atomic E-state index is 11.1. The van der Waals surface area contributed by atoms with Gasteiger partial charge in [-0.15, -0.1) is 0 Å². The van der Waals surface area contributed by atoms with Gasteiger partial charge in [-0.1, -0.05) is 0 Å². The van der Waals surface area contributed by atoms with Crippen LogP contribution in [-0.4, -0.2) is 34.6 Å². The molecular formula is C11H15N3O3. The Labute approximate surface area is 99.1 Å². The van der Waals surface area contributed by atoms with Crippen molar-refractivity contribution in [1.82, 2.24) is 4.98 Å². The van der Waals surface area contributed by atoms with Gasteiger partial charge in [0, 0.05) is 13.2 Å². The van der Waals surface area contributed by atoms with E-state index in [2.05, 4.69) is 4.98 Å². The molecule has 0 saturated carbocycles. The van der Waals surface area contributed by atoms with Crippen LogP contribution in [0.3, 0.4) is 0 Å². The van der Waals surface area contributed by atoms with E-state index in [0.29, 0.717) is 5.82 Å². The van der Waals surface area contributed by atoms with Crippen molar-refractivity contribution in [1.29, 1.82) is 0 Å². The Balaban J connectivity index is 3.02. The minimum atomic E-state index is -1.08. The van der Waals surface area contributed by atoms with Gasteiger partial charge in [-0.05, 0) is 26.0 Å². The second-order valence-corrected chi connectivity index (χ2v) is 4.19. The van der Waals surface area contributed by atoms with Crippen LogP contribution in [0.5, 0.6) is 0 Å². The molecule has 0 atom stereocenters. The van der Waals surface area contributed by atoms with Crippen LogP contribution in [0.4, 0.5) is 5.82 Å². The van der Waals surface area contributed by atoms with Crippen molar-refractivity contribution in [3.8, 4) is 0 Å². The van der Waals surface area contributed by atoms with E-state index in [0.717, 1.165) is 0 Å². The van der Waals surface area contributed by atoms with Crippen molar-refractivity contribution in [3.05, 3.63) is 23.9 Å². The highest BCUT2D eigenvalue weighted by atomic mass is 16.4. The van der Waals surface area contributed by atoms with Crippen molar-refractivity contribution in [2.45, 2.75) is 19.4 Å². The number of carbonyl (C=O) groups excluding carboxylic acids is 1. The first-order valence-corrected chi connectivity index (χ1v) is 5.00. The summed E-state index contributed by atoms with van der Waals surface area (Å²) < 4.78 is 0. The minimum Gasteiger partial charge on any atom is -0.480 e. The number of amides is 1. The molecule has 0 spiro atoms. The van der Waals surface area contributed by atoms with E-state index in [1.807, 2.05) is 0 Å². The third kappa shape index (κ3) is 2.52. The van der Waals surface area contributed by atoms with E-state index < -0.39 is 17.4 Å². The van der Waals surface area contributed by atoms with Crippen molar-refractivity contribution in [2.75, 3.05) is 11.9 Å². The largest absolute Gasteiger partial charge is 0.480 e. The average Bonchev–Trinajstić information content (AvgIpc) is 2.27. The number of rotatable bonds is 4. The Bertz CT molecular complexity index is 440. The Morgan fingerprint density at radius 2 is 2.00 bits per heavy atom. The van der Waals surface area contributed by atoms with Crippen molar-refractivity contribution >= 4 is 17.7 Å². The molecule has 1 aromatic heterocycles. The molecule has 1 amide bonds. The number of hydrogen-bond acceptors (Lipinski definition) is 4. The van der Waals surface area contributed by atoms with Crippen LogP contribution >= 0.6 is 0 Å². The molecule has 3 N–H and O–H groups in total. The zero-order valence-electron chi connectivity index (χ0n) is 9.97. The lowest BCUT2D eigenvalue weighted by atomic mass is 10.0. The number of primary amides is 1. The molecule has 17 heavy (non-hydrogen) atoms.